The van der Waals surface area contributed by atoms with Crippen LogP contribution in [-0.2, 0) is 4.74 Å². The standard InChI is InChI=1S/C15H22N2O3/c1-10-8-14(18)13(9-16-10)15(19)17(6-7-20-3)11(2)12-4-5-12/h8-9,11-12H,4-7H2,1-3H3,(H,16,18). The van der Waals surface area contributed by atoms with Gasteiger partial charge in [0.05, 0.1) is 6.61 Å². The van der Waals surface area contributed by atoms with Crippen molar-refractivity contribution in [1.82, 2.24) is 9.88 Å². The van der Waals surface area contributed by atoms with Crippen LogP contribution in [0.15, 0.2) is 17.1 Å². The van der Waals surface area contributed by atoms with Gasteiger partial charge in [-0.1, -0.05) is 0 Å². The lowest BCUT2D eigenvalue weighted by Gasteiger charge is -2.29. The maximum atomic E-state index is 12.6. The minimum absolute atomic E-state index is 0.151. The van der Waals surface area contributed by atoms with E-state index in [9.17, 15) is 9.59 Å². The summed E-state index contributed by atoms with van der Waals surface area (Å²) in [5, 5.41) is 0. The van der Waals surface area contributed by atoms with E-state index < -0.39 is 0 Å². The molecule has 20 heavy (non-hydrogen) atoms. The van der Waals surface area contributed by atoms with Crippen LogP contribution in [-0.4, -0.2) is 42.1 Å². The zero-order valence-corrected chi connectivity index (χ0v) is 12.3. The molecule has 1 unspecified atom stereocenters. The maximum absolute atomic E-state index is 12.6. The highest BCUT2D eigenvalue weighted by molar-refractivity contribution is 5.94. The molecule has 1 atom stereocenters. The van der Waals surface area contributed by atoms with Gasteiger partial charge < -0.3 is 14.6 Å². The highest BCUT2D eigenvalue weighted by Gasteiger charge is 2.34. The van der Waals surface area contributed by atoms with Gasteiger partial charge in [0, 0.05) is 37.7 Å². The van der Waals surface area contributed by atoms with Crippen LogP contribution in [0.5, 0.6) is 0 Å². The SMILES string of the molecule is COCCN(C(=O)c1c[nH]c(C)cc1=O)C(C)C1CC1. The van der Waals surface area contributed by atoms with Gasteiger partial charge in [-0.3, -0.25) is 9.59 Å². The molecular weight excluding hydrogens is 256 g/mol. The van der Waals surface area contributed by atoms with Gasteiger partial charge in [0.25, 0.3) is 5.91 Å². The number of methoxy groups -OCH3 is 1. The van der Waals surface area contributed by atoms with E-state index in [-0.39, 0.29) is 22.9 Å². The lowest BCUT2D eigenvalue weighted by molar-refractivity contribution is 0.0593. The van der Waals surface area contributed by atoms with Crippen molar-refractivity contribution in [2.75, 3.05) is 20.3 Å². The highest BCUT2D eigenvalue weighted by atomic mass is 16.5. The summed E-state index contributed by atoms with van der Waals surface area (Å²) >= 11 is 0. The number of ether oxygens (including phenoxy) is 1. The van der Waals surface area contributed by atoms with Crippen molar-refractivity contribution in [3.05, 3.63) is 33.7 Å². The molecule has 0 aromatic carbocycles. The van der Waals surface area contributed by atoms with E-state index in [0.29, 0.717) is 19.1 Å². The average Bonchev–Trinajstić information content (AvgIpc) is 3.22. The fourth-order valence-corrected chi connectivity index (χ4v) is 2.41. The first kappa shape index (κ1) is 14.8. The fraction of sp³-hybridized carbons (Fsp3) is 0.600. The Bertz CT molecular complexity index is 534. The van der Waals surface area contributed by atoms with E-state index in [4.69, 9.17) is 4.74 Å². The predicted molar refractivity (Wildman–Crippen MR) is 76.9 cm³/mol. The molecule has 1 saturated carbocycles. The van der Waals surface area contributed by atoms with E-state index >= 15 is 0 Å². The number of carbonyl (C=O) groups is 1. The molecule has 0 radical (unpaired) electrons. The zero-order valence-electron chi connectivity index (χ0n) is 12.3. The smallest absolute Gasteiger partial charge is 0.259 e. The topological polar surface area (TPSA) is 62.4 Å². The average molecular weight is 278 g/mol. The number of pyridine rings is 1. The largest absolute Gasteiger partial charge is 0.383 e. The molecule has 0 saturated heterocycles. The van der Waals surface area contributed by atoms with Gasteiger partial charge in [-0.15, -0.1) is 0 Å². The maximum Gasteiger partial charge on any atom is 0.259 e. The molecule has 1 heterocycles. The monoisotopic (exact) mass is 278 g/mol. The Balaban J connectivity index is 2.22. The number of nitrogens with one attached hydrogen (secondary N) is 1. The highest BCUT2D eigenvalue weighted by Crippen LogP contribution is 2.35. The number of aromatic amines is 1. The Morgan fingerprint density at radius 3 is 2.80 bits per heavy atom. The van der Waals surface area contributed by atoms with Crippen molar-refractivity contribution in [1.29, 1.82) is 0 Å². The Morgan fingerprint density at radius 2 is 2.25 bits per heavy atom. The number of carbonyl (C=O) groups excluding carboxylic acids is 1. The molecular formula is C15H22N2O3. The molecule has 0 aliphatic heterocycles. The second kappa shape index (κ2) is 6.22. The third-order valence-electron chi connectivity index (χ3n) is 3.88. The van der Waals surface area contributed by atoms with Crippen LogP contribution in [0.3, 0.4) is 0 Å². The molecule has 110 valence electrons. The summed E-state index contributed by atoms with van der Waals surface area (Å²) in [7, 11) is 1.61. The number of hydrogen-bond acceptors (Lipinski definition) is 3. The summed E-state index contributed by atoms with van der Waals surface area (Å²) in [4.78, 5) is 29.3. The first-order valence-corrected chi connectivity index (χ1v) is 7.04. The Kier molecular flexibility index (Phi) is 4.60. The van der Waals surface area contributed by atoms with Crippen molar-refractivity contribution >= 4 is 5.91 Å². The molecule has 5 nitrogen and oxygen atoms in total. The molecule has 1 N–H and O–H groups in total. The molecule has 0 bridgehead atoms. The second-order valence-corrected chi connectivity index (χ2v) is 5.46. The number of nitrogens with zero attached hydrogens (tertiary/aromatic N) is 1. The molecule has 1 aliphatic rings. The van der Waals surface area contributed by atoms with Gasteiger partial charge in [-0.2, -0.15) is 0 Å². The van der Waals surface area contributed by atoms with Gasteiger partial charge in [0.15, 0.2) is 5.43 Å². The van der Waals surface area contributed by atoms with Crippen molar-refractivity contribution < 1.29 is 9.53 Å². The molecule has 1 amide bonds. The Morgan fingerprint density at radius 1 is 1.55 bits per heavy atom. The van der Waals surface area contributed by atoms with Gasteiger partial charge in [-0.05, 0) is 32.6 Å². The Hall–Kier alpha value is -1.62. The minimum atomic E-state index is -0.225. The lowest BCUT2D eigenvalue weighted by Crippen LogP contribution is -2.43. The summed E-state index contributed by atoms with van der Waals surface area (Å²) in [5.41, 5.74) is 0.737. The summed E-state index contributed by atoms with van der Waals surface area (Å²) in [6, 6.07) is 1.61. The predicted octanol–water partition coefficient (Wildman–Crippen LogP) is 1.57. The number of rotatable bonds is 6. The molecule has 5 heteroatoms. The molecule has 0 spiro atoms. The second-order valence-electron chi connectivity index (χ2n) is 5.46. The lowest BCUT2D eigenvalue weighted by atomic mass is 10.1. The number of aromatic nitrogens is 1. The summed E-state index contributed by atoms with van der Waals surface area (Å²) in [5.74, 6) is 0.350. The molecule has 1 fully saturated rings. The van der Waals surface area contributed by atoms with Crippen LogP contribution < -0.4 is 5.43 Å². The fourth-order valence-electron chi connectivity index (χ4n) is 2.41. The molecule has 1 aliphatic carbocycles. The van der Waals surface area contributed by atoms with Crippen molar-refractivity contribution in [2.45, 2.75) is 32.7 Å². The third-order valence-corrected chi connectivity index (χ3v) is 3.88. The van der Waals surface area contributed by atoms with Crippen LogP contribution in [0.25, 0.3) is 0 Å². The van der Waals surface area contributed by atoms with E-state index in [1.54, 1.807) is 18.9 Å². The minimum Gasteiger partial charge on any atom is -0.383 e. The number of H-pyrrole nitrogens is 1. The van der Waals surface area contributed by atoms with Gasteiger partial charge >= 0.3 is 0 Å². The van der Waals surface area contributed by atoms with Gasteiger partial charge in [0.1, 0.15) is 5.56 Å². The quantitative estimate of drug-likeness (QED) is 0.859. The molecule has 2 rings (SSSR count). The summed E-state index contributed by atoms with van der Waals surface area (Å²) < 4.78 is 5.08. The van der Waals surface area contributed by atoms with E-state index in [2.05, 4.69) is 4.98 Å². The van der Waals surface area contributed by atoms with E-state index in [1.807, 2.05) is 6.92 Å². The van der Waals surface area contributed by atoms with Gasteiger partial charge in [0.2, 0.25) is 0 Å². The van der Waals surface area contributed by atoms with Gasteiger partial charge in [-0.25, -0.2) is 0 Å². The first-order chi connectivity index (χ1) is 9.54. The number of hydrogen-bond donors (Lipinski definition) is 1. The van der Waals surface area contributed by atoms with Crippen LogP contribution in [0, 0.1) is 12.8 Å². The first-order valence-electron chi connectivity index (χ1n) is 7.04. The Labute approximate surface area is 118 Å². The summed E-state index contributed by atoms with van der Waals surface area (Å²) in [6.45, 7) is 4.84. The van der Waals surface area contributed by atoms with Crippen molar-refractivity contribution in [3.63, 3.8) is 0 Å². The number of amides is 1. The van der Waals surface area contributed by atoms with E-state index in [0.717, 1.165) is 18.5 Å². The number of aryl methyl sites for hydroxylation is 1. The molecule has 1 aromatic rings. The molecule has 1 aromatic heterocycles. The third kappa shape index (κ3) is 3.28. The van der Waals surface area contributed by atoms with Crippen molar-refractivity contribution in [3.8, 4) is 0 Å². The zero-order chi connectivity index (χ0) is 14.7. The van der Waals surface area contributed by atoms with Crippen LogP contribution in [0.4, 0.5) is 0 Å². The summed E-state index contributed by atoms with van der Waals surface area (Å²) in [6.07, 6.45) is 3.82. The van der Waals surface area contributed by atoms with E-state index in [1.165, 1.54) is 12.3 Å². The van der Waals surface area contributed by atoms with Crippen LogP contribution in [0.1, 0.15) is 35.8 Å². The normalized spacial score (nSPS) is 15.9. The van der Waals surface area contributed by atoms with Crippen LogP contribution >= 0.6 is 0 Å². The van der Waals surface area contributed by atoms with Crippen LogP contribution in [0.2, 0.25) is 0 Å². The van der Waals surface area contributed by atoms with Crippen molar-refractivity contribution in [2.24, 2.45) is 5.92 Å².